The van der Waals surface area contributed by atoms with Crippen molar-refractivity contribution in [1.29, 1.82) is 0 Å². The molecule has 0 radical (unpaired) electrons. The first-order valence-corrected chi connectivity index (χ1v) is 5.98. The summed E-state index contributed by atoms with van der Waals surface area (Å²) < 4.78 is 1.82. The maximum atomic E-state index is 8.87. The van der Waals surface area contributed by atoms with E-state index in [1.54, 1.807) is 0 Å². The van der Waals surface area contributed by atoms with E-state index in [2.05, 4.69) is 31.2 Å². The SMILES string of the molecule is Cn1cc(C(CN)NCCO)c(C(C)(C)C)n1. The standard InChI is InChI=1S/C12H24N4O/c1-12(2,3)11-9(8-16(4)15-11)10(7-13)14-5-6-17/h8,10,14,17H,5-7,13H2,1-4H3. The zero-order valence-corrected chi connectivity index (χ0v) is 11.2. The summed E-state index contributed by atoms with van der Waals surface area (Å²) in [6.07, 6.45) is 2.00. The van der Waals surface area contributed by atoms with Gasteiger partial charge in [-0.05, 0) is 0 Å². The maximum absolute atomic E-state index is 8.87. The first-order valence-electron chi connectivity index (χ1n) is 5.98. The van der Waals surface area contributed by atoms with Crippen molar-refractivity contribution in [1.82, 2.24) is 15.1 Å². The van der Waals surface area contributed by atoms with Gasteiger partial charge >= 0.3 is 0 Å². The van der Waals surface area contributed by atoms with Crippen LogP contribution in [0.3, 0.4) is 0 Å². The van der Waals surface area contributed by atoms with Gasteiger partial charge in [-0.25, -0.2) is 0 Å². The number of hydrogen-bond acceptors (Lipinski definition) is 4. The van der Waals surface area contributed by atoms with Crippen molar-refractivity contribution < 1.29 is 5.11 Å². The van der Waals surface area contributed by atoms with Gasteiger partial charge in [-0.3, -0.25) is 4.68 Å². The molecular weight excluding hydrogens is 216 g/mol. The van der Waals surface area contributed by atoms with Crippen molar-refractivity contribution in [2.45, 2.75) is 32.2 Å². The highest BCUT2D eigenvalue weighted by molar-refractivity contribution is 5.27. The summed E-state index contributed by atoms with van der Waals surface area (Å²) >= 11 is 0. The molecule has 0 amide bonds. The highest BCUT2D eigenvalue weighted by Crippen LogP contribution is 2.27. The zero-order valence-electron chi connectivity index (χ0n) is 11.2. The molecule has 0 spiro atoms. The summed E-state index contributed by atoms with van der Waals surface area (Å²) in [5, 5.41) is 16.6. The maximum Gasteiger partial charge on any atom is 0.0726 e. The Bertz CT molecular complexity index is 354. The Balaban J connectivity index is 3.02. The molecule has 1 unspecified atom stereocenters. The molecule has 0 fully saturated rings. The Morgan fingerprint density at radius 2 is 2.18 bits per heavy atom. The van der Waals surface area contributed by atoms with Crippen molar-refractivity contribution in [3.8, 4) is 0 Å². The predicted molar refractivity (Wildman–Crippen MR) is 68.8 cm³/mol. The second-order valence-corrected chi connectivity index (χ2v) is 5.32. The van der Waals surface area contributed by atoms with Crippen molar-refractivity contribution in [3.63, 3.8) is 0 Å². The van der Waals surface area contributed by atoms with Gasteiger partial charge in [-0.1, -0.05) is 20.8 Å². The Kier molecular flexibility index (Phi) is 4.68. The summed E-state index contributed by atoms with van der Waals surface area (Å²) in [6.45, 7) is 7.56. The summed E-state index contributed by atoms with van der Waals surface area (Å²) in [5.41, 5.74) is 7.95. The van der Waals surface area contributed by atoms with Gasteiger partial charge in [-0.2, -0.15) is 5.10 Å². The number of aliphatic hydroxyl groups is 1. The molecule has 0 aromatic carbocycles. The number of rotatable bonds is 5. The summed E-state index contributed by atoms with van der Waals surface area (Å²) in [6, 6.07) is 0.0464. The van der Waals surface area contributed by atoms with Crippen LogP contribution in [0.2, 0.25) is 0 Å². The van der Waals surface area contributed by atoms with Crippen molar-refractivity contribution in [2.24, 2.45) is 12.8 Å². The summed E-state index contributed by atoms with van der Waals surface area (Å²) in [5.74, 6) is 0. The van der Waals surface area contributed by atoms with Crippen LogP contribution in [0.25, 0.3) is 0 Å². The molecule has 1 heterocycles. The lowest BCUT2D eigenvalue weighted by atomic mass is 9.87. The quantitative estimate of drug-likeness (QED) is 0.692. The first-order chi connectivity index (χ1) is 7.90. The third-order valence-electron chi connectivity index (χ3n) is 2.68. The van der Waals surface area contributed by atoms with Gasteiger partial charge in [0.05, 0.1) is 12.3 Å². The molecule has 1 atom stereocenters. The highest BCUT2D eigenvalue weighted by atomic mass is 16.3. The van der Waals surface area contributed by atoms with E-state index in [1.807, 2.05) is 17.9 Å². The Hall–Kier alpha value is -0.910. The highest BCUT2D eigenvalue weighted by Gasteiger charge is 2.25. The van der Waals surface area contributed by atoms with E-state index in [-0.39, 0.29) is 18.1 Å². The van der Waals surface area contributed by atoms with Crippen molar-refractivity contribution in [3.05, 3.63) is 17.5 Å². The number of nitrogens with one attached hydrogen (secondary N) is 1. The molecule has 5 heteroatoms. The Morgan fingerprint density at radius 3 is 2.65 bits per heavy atom. The van der Waals surface area contributed by atoms with E-state index in [0.29, 0.717) is 13.1 Å². The number of aliphatic hydroxyl groups excluding tert-OH is 1. The lowest BCUT2D eigenvalue weighted by molar-refractivity contribution is 0.284. The van der Waals surface area contributed by atoms with E-state index in [0.717, 1.165) is 11.3 Å². The minimum Gasteiger partial charge on any atom is -0.395 e. The van der Waals surface area contributed by atoms with Gasteiger partial charge in [0.1, 0.15) is 0 Å². The first kappa shape index (κ1) is 14.2. The van der Waals surface area contributed by atoms with Gasteiger partial charge in [0.15, 0.2) is 0 Å². The van der Waals surface area contributed by atoms with E-state index >= 15 is 0 Å². The number of aryl methyl sites for hydroxylation is 1. The molecule has 0 saturated heterocycles. The van der Waals surface area contributed by atoms with Crippen LogP contribution in [0, 0.1) is 0 Å². The van der Waals surface area contributed by atoms with Crippen LogP contribution in [0.5, 0.6) is 0 Å². The lowest BCUT2D eigenvalue weighted by Crippen LogP contribution is -2.32. The fourth-order valence-corrected chi connectivity index (χ4v) is 1.90. The second-order valence-electron chi connectivity index (χ2n) is 5.32. The van der Waals surface area contributed by atoms with Crippen LogP contribution in [0.1, 0.15) is 38.1 Å². The van der Waals surface area contributed by atoms with E-state index in [9.17, 15) is 0 Å². The molecule has 1 rings (SSSR count). The van der Waals surface area contributed by atoms with Gasteiger partial charge in [0.2, 0.25) is 0 Å². The van der Waals surface area contributed by atoms with Crippen molar-refractivity contribution in [2.75, 3.05) is 19.7 Å². The molecule has 4 N–H and O–H groups in total. The monoisotopic (exact) mass is 240 g/mol. The van der Waals surface area contributed by atoms with Crippen LogP contribution in [-0.2, 0) is 12.5 Å². The topological polar surface area (TPSA) is 76.1 Å². The summed E-state index contributed by atoms with van der Waals surface area (Å²) in [4.78, 5) is 0. The number of hydrogen-bond donors (Lipinski definition) is 3. The normalized spacial score (nSPS) is 14.0. The second kappa shape index (κ2) is 5.62. The van der Waals surface area contributed by atoms with E-state index in [4.69, 9.17) is 10.8 Å². The molecule has 5 nitrogen and oxygen atoms in total. The van der Waals surface area contributed by atoms with E-state index in [1.165, 1.54) is 0 Å². The van der Waals surface area contributed by atoms with Crippen LogP contribution < -0.4 is 11.1 Å². The van der Waals surface area contributed by atoms with Gasteiger partial charge < -0.3 is 16.2 Å². The molecule has 0 saturated carbocycles. The van der Waals surface area contributed by atoms with Crippen LogP contribution >= 0.6 is 0 Å². The van der Waals surface area contributed by atoms with E-state index < -0.39 is 0 Å². The van der Waals surface area contributed by atoms with Crippen LogP contribution in [0.4, 0.5) is 0 Å². The molecule has 17 heavy (non-hydrogen) atoms. The molecule has 1 aromatic rings. The smallest absolute Gasteiger partial charge is 0.0726 e. The van der Waals surface area contributed by atoms with Crippen LogP contribution in [-0.4, -0.2) is 34.6 Å². The van der Waals surface area contributed by atoms with Gasteiger partial charge in [-0.15, -0.1) is 0 Å². The lowest BCUT2D eigenvalue weighted by Gasteiger charge is -2.22. The predicted octanol–water partition coefficient (Wildman–Crippen LogP) is 0.299. The largest absolute Gasteiger partial charge is 0.395 e. The molecule has 0 aliphatic heterocycles. The fourth-order valence-electron chi connectivity index (χ4n) is 1.90. The molecular formula is C12H24N4O. The van der Waals surface area contributed by atoms with Gasteiger partial charge in [0, 0.05) is 43.4 Å². The minimum absolute atomic E-state index is 0.00902. The third kappa shape index (κ3) is 3.52. The van der Waals surface area contributed by atoms with Crippen LogP contribution in [0.15, 0.2) is 6.20 Å². The molecule has 0 aliphatic carbocycles. The minimum atomic E-state index is -0.00902. The average Bonchev–Trinajstić information content (AvgIpc) is 2.61. The average molecular weight is 240 g/mol. The van der Waals surface area contributed by atoms with Gasteiger partial charge in [0.25, 0.3) is 0 Å². The third-order valence-corrected chi connectivity index (χ3v) is 2.68. The molecule has 0 aliphatic rings. The zero-order chi connectivity index (χ0) is 13.1. The molecule has 1 aromatic heterocycles. The number of nitrogens with two attached hydrogens (primary N) is 1. The fraction of sp³-hybridized carbons (Fsp3) is 0.750. The summed E-state index contributed by atoms with van der Waals surface area (Å²) in [7, 11) is 1.92. The Labute approximate surface area is 103 Å². The Morgan fingerprint density at radius 1 is 1.53 bits per heavy atom. The molecule has 98 valence electrons. The number of nitrogens with zero attached hydrogens (tertiary/aromatic N) is 2. The van der Waals surface area contributed by atoms with Crippen molar-refractivity contribution >= 4 is 0 Å². The molecule has 0 bridgehead atoms. The number of aromatic nitrogens is 2.